The largest absolute Gasteiger partial charge is 0.493 e. The smallest absolute Gasteiger partial charge is 0.226 e. The average molecular weight is 273 g/mol. The topological polar surface area (TPSA) is 65.4 Å². The van der Waals surface area contributed by atoms with E-state index >= 15 is 0 Å². The number of nitrogens with one attached hydrogen (secondary N) is 1. The van der Waals surface area contributed by atoms with E-state index in [1.807, 2.05) is 24.3 Å². The Morgan fingerprint density at radius 1 is 1.50 bits per heavy atom. The Labute approximate surface area is 116 Å². The van der Waals surface area contributed by atoms with Crippen LogP contribution >= 0.6 is 0 Å². The number of hydrogen-bond acceptors (Lipinski definition) is 5. The highest BCUT2D eigenvalue weighted by Gasteiger charge is 2.30. The number of ketones is 1. The second-order valence-corrected chi connectivity index (χ2v) is 4.53. The number of aromatic nitrogens is 2. The predicted molar refractivity (Wildman–Crippen MR) is 73.4 cm³/mol. The normalized spacial score (nSPS) is 16.8. The molecule has 0 aliphatic carbocycles. The maximum Gasteiger partial charge on any atom is 0.226 e. The number of methoxy groups -OCH3 is 1. The molecule has 1 N–H and O–H groups in total. The molecule has 1 aliphatic rings. The molecule has 1 aromatic carbocycles. The van der Waals surface area contributed by atoms with Gasteiger partial charge in [0, 0.05) is 7.05 Å². The molecule has 0 spiro atoms. The zero-order valence-electron chi connectivity index (χ0n) is 11.3. The van der Waals surface area contributed by atoms with Crippen molar-refractivity contribution in [1.82, 2.24) is 9.78 Å². The molecule has 1 unspecified atom stereocenters. The van der Waals surface area contributed by atoms with Crippen LogP contribution < -0.4 is 14.8 Å². The number of fused-ring (bicyclic) bond motifs is 1. The minimum atomic E-state index is -0.589. The van der Waals surface area contributed by atoms with Gasteiger partial charge < -0.3 is 14.8 Å². The lowest BCUT2D eigenvalue weighted by Gasteiger charge is -2.26. The van der Waals surface area contributed by atoms with Crippen molar-refractivity contribution in [2.75, 3.05) is 19.0 Å². The fraction of sp³-hybridized carbons (Fsp3) is 0.286. The number of rotatable bonds is 3. The first-order valence-corrected chi connectivity index (χ1v) is 6.30. The molecule has 0 radical (unpaired) electrons. The molecule has 1 aromatic heterocycles. The minimum absolute atomic E-state index is 0.149. The first-order chi connectivity index (χ1) is 9.70. The van der Waals surface area contributed by atoms with E-state index in [0.29, 0.717) is 23.7 Å². The van der Waals surface area contributed by atoms with Gasteiger partial charge in [-0.1, -0.05) is 12.1 Å². The summed E-state index contributed by atoms with van der Waals surface area (Å²) in [5, 5.41) is 7.24. The molecular formula is C14H15N3O3. The molecule has 0 saturated heterocycles. The zero-order valence-corrected chi connectivity index (χ0v) is 11.3. The molecule has 3 rings (SSSR count). The van der Waals surface area contributed by atoms with Gasteiger partial charge in [-0.15, -0.1) is 0 Å². The van der Waals surface area contributed by atoms with Crippen molar-refractivity contribution in [3.8, 4) is 11.5 Å². The summed E-state index contributed by atoms with van der Waals surface area (Å²) in [6.07, 6.45) is 0.937. The van der Waals surface area contributed by atoms with Crippen molar-refractivity contribution >= 4 is 11.5 Å². The summed E-state index contributed by atoms with van der Waals surface area (Å²) < 4.78 is 12.4. The van der Waals surface area contributed by atoms with Crippen molar-refractivity contribution in [1.29, 1.82) is 0 Å². The number of carbonyl (C=O) groups excluding carboxylic acids is 1. The second-order valence-electron chi connectivity index (χ2n) is 4.53. The average Bonchev–Trinajstić information content (AvgIpc) is 2.87. The third-order valence-electron chi connectivity index (χ3n) is 3.29. The van der Waals surface area contributed by atoms with E-state index in [4.69, 9.17) is 9.47 Å². The SMILES string of the molecule is COc1cnn(C)c1C(=O)C1CNc2ccccc2O1. The highest BCUT2D eigenvalue weighted by atomic mass is 16.5. The number of anilines is 1. The molecule has 0 amide bonds. The lowest BCUT2D eigenvalue weighted by atomic mass is 10.1. The molecule has 1 atom stereocenters. The van der Waals surface area contributed by atoms with Crippen LogP contribution in [-0.4, -0.2) is 35.3 Å². The van der Waals surface area contributed by atoms with E-state index in [0.717, 1.165) is 5.69 Å². The number of carbonyl (C=O) groups is 1. The standard InChI is InChI=1S/C14H15N3O3/c1-17-13(11(19-2)8-16-17)14(18)12-7-15-9-5-3-4-6-10(9)20-12/h3-6,8,12,15H,7H2,1-2H3. The van der Waals surface area contributed by atoms with Gasteiger partial charge in [0.25, 0.3) is 0 Å². The van der Waals surface area contributed by atoms with Gasteiger partial charge in [0.05, 0.1) is 25.5 Å². The van der Waals surface area contributed by atoms with Gasteiger partial charge in [-0.25, -0.2) is 0 Å². The fourth-order valence-electron chi connectivity index (χ4n) is 2.26. The van der Waals surface area contributed by atoms with Crippen LogP contribution in [0, 0.1) is 0 Å². The highest BCUT2D eigenvalue weighted by Crippen LogP contribution is 2.30. The number of benzene rings is 1. The van der Waals surface area contributed by atoms with Gasteiger partial charge in [0.1, 0.15) is 11.4 Å². The van der Waals surface area contributed by atoms with Crippen LogP contribution in [0.4, 0.5) is 5.69 Å². The van der Waals surface area contributed by atoms with E-state index in [9.17, 15) is 4.79 Å². The van der Waals surface area contributed by atoms with Crippen molar-refractivity contribution in [2.45, 2.75) is 6.10 Å². The number of aryl methyl sites for hydroxylation is 1. The van der Waals surface area contributed by atoms with Crippen LogP contribution in [0.2, 0.25) is 0 Å². The molecule has 6 heteroatoms. The number of nitrogens with zero attached hydrogens (tertiary/aromatic N) is 2. The predicted octanol–water partition coefficient (Wildman–Crippen LogP) is 1.48. The summed E-state index contributed by atoms with van der Waals surface area (Å²) in [5.41, 5.74) is 1.31. The van der Waals surface area contributed by atoms with Crippen LogP contribution in [0.1, 0.15) is 10.5 Å². The van der Waals surface area contributed by atoms with Gasteiger partial charge in [-0.05, 0) is 12.1 Å². The summed E-state index contributed by atoms with van der Waals surface area (Å²) in [6, 6.07) is 7.54. The summed E-state index contributed by atoms with van der Waals surface area (Å²) in [5.74, 6) is 0.988. The maximum atomic E-state index is 12.6. The summed E-state index contributed by atoms with van der Waals surface area (Å²) in [7, 11) is 3.23. The van der Waals surface area contributed by atoms with E-state index in [1.54, 1.807) is 7.05 Å². The Morgan fingerprint density at radius 3 is 3.10 bits per heavy atom. The first-order valence-electron chi connectivity index (χ1n) is 6.30. The molecule has 2 aromatic rings. The fourth-order valence-corrected chi connectivity index (χ4v) is 2.26. The highest BCUT2D eigenvalue weighted by molar-refractivity contribution is 6.01. The Balaban J connectivity index is 1.88. The molecule has 2 heterocycles. The van der Waals surface area contributed by atoms with Crippen LogP contribution in [0.15, 0.2) is 30.5 Å². The van der Waals surface area contributed by atoms with E-state index < -0.39 is 6.10 Å². The molecular weight excluding hydrogens is 258 g/mol. The van der Waals surface area contributed by atoms with Gasteiger partial charge in [-0.2, -0.15) is 5.10 Å². The van der Waals surface area contributed by atoms with E-state index in [2.05, 4.69) is 10.4 Å². The van der Waals surface area contributed by atoms with E-state index in [-0.39, 0.29) is 5.78 Å². The molecule has 6 nitrogen and oxygen atoms in total. The summed E-state index contributed by atoms with van der Waals surface area (Å²) >= 11 is 0. The van der Waals surface area contributed by atoms with Crippen LogP contribution in [-0.2, 0) is 7.05 Å². The van der Waals surface area contributed by atoms with Crippen LogP contribution in [0.25, 0.3) is 0 Å². The van der Waals surface area contributed by atoms with Crippen molar-refractivity contribution in [2.24, 2.45) is 7.05 Å². The first kappa shape index (κ1) is 12.5. The van der Waals surface area contributed by atoms with Crippen LogP contribution in [0.5, 0.6) is 11.5 Å². The number of para-hydroxylation sites is 2. The molecule has 104 valence electrons. The van der Waals surface area contributed by atoms with E-state index in [1.165, 1.54) is 18.0 Å². The molecule has 0 saturated carbocycles. The molecule has 20 heavy (non-hydrogen) atoms. The molecule has 1 aliphatic heterocycles. The molecule has 0 bridgehead atoms. The van der Waals surface area contributed by atoms with Crippen molar-refractivity contribution in [3.05, 3.63) is 36.2 Å². The molecule has 0 fully saturated rings. The lowest BCUT2D eigenvalue weighted by molar-refractivity contribution is 0.0788. The monoisotopic (exact) mass is 273 g/mol. The van der Waals surface area contributed by atoms with Gasteiger partial charge >= 0.3 is 0 Å². The second kappa shape index (κ2) is 4.88. The van der Waals surface area contributed by atoms with Crippen molar-refractivity contribution < 1.29 is 14.3 Å². The summed E-state index contributed by atoms with van der Waals surface area (Å²) in [4.78, 5) is 12.6. The van der Waals surface area contributed by atoms with Gasteiger partial charge in [-0.3, -0.25) is 9.48 Å². The number of Topliss-reactive ketones (excluding diaryl/α,β-unsaturated/α-hetero) is 1. The Morgan fingerprint density at radius 2 is 2.30 bits per heavy atom. The Bertz CT molecular complexity index is 651. The third kappa shape index (κ3) is 1.99. The minimum Gasteiger partial charge on any atom is -0.493 e. The third-order valence-corrected chi connectivity index (χ3v) is 3.29. The number of ether oxygens (including phenoxy) is 2. The Kier molecular flexibility index (Phi) is 3.06. The van der Waals surface area contributed by atoms with Gasteiger partial charge in [0.15, 0.2) is 11.9 Å². The zero-order chi connectivity index (χ0) is 14.1. The van der Waals surface area contributed by atoms with Crippen molar-refractivity contribution in [3.63, 3.8) is 0 Å². The quantitative estimate of drug-likeness (QED) is 0.858. The van der Waals surface area contributed by atoms with Gasteiger partial charge in [0.2, 0.25) is 5.78 Å². The van der Waals surface area contributed by atoms with Crippen LogP contribution in [0.3, 0.4) is 0 Å². The summed E-state index contributed by atoms with van der Waals surface area (Å²) in [6.45, 7) is 0.421. The number of hydrogen-bond donors (Lipinski definition) is 1. The lowest BCUT2D eigenvalue weighted by Crippen LogP contribution is -2.38. The maximum absolute atomic E-state index is 12.6. The Hall–Kier alpha value is -2.50.